The Morgan fingerprint density at radius 3 is 1.09 bits per heavy atom. The van der Waals surface area contributed by atoms with E-state index in [0.29, 0.717) is 0 Å². The summed E-state index contributed by atoms with van der Waals surface area (Å²) in [6, 6.07) is 48.3. The molecule has 10 atom stereocenters. The first-order valence-electron chi connectivity index (χ1n) is 22.4. The van der Waals surface area contributed by atoms with E-state index < -0.39 is 79.3 Å². The summed E-state index contributed by atoms with van der Waals surface area (Å²) in [5.41, 5.74) is 4.47. The van der Waals surface area contributed by atoms with Gasteiger partial charge in [0.2, 0.25) is 0 Å². The Kier molecular flexibility index (Phi) is 18.6. The van der Waals surface area contributed by atoms with Crippen molar-refractivity contribution in [2.75, 3.05) is 13.2 Å². The van der Waals surface area contributed by atoms with Crippen LogP contribution in [-0.2, 0) is 99.5 Å². The second-order valence-corrected chi connectivity index (χ2v) is 16.2. The van der Waals surface area contributed by atoms with E-state index in [0.717, 1.165) is 27.8 Å². The summed E-state index contributed by atoms with van der Waals surface area (Å²) in [6.45, 7) is 3.99. The molecule has 0 amide bonds. The first-order chi connectivity index (χ1) is 32.7. The molecular formula is C53H58O14. The second-order valence-electron chi connectivity index (χ2n) is 16.2. The summed E-state index contributed by atoms with van der Waals surface area (Å²) in [4.78, 5) is 37.7. The fraction of sp³-hybridized carbons (Fsp3) is 0.377. The van der Waals surface area contributed by atoms with Crippen LogP contribution in [0, 0.1) is 0 Å². The highest BCUT2D eigenvalue weighted by Gasteiger charge is 2.54. The Hall–Kier alpha value is -5.81. The molecule has 0 N–H and O–H groups in total. The lowest BCUT2D eigenvalue weighted by molar-refractivity contribution is -0.348. The van der Waals surface area contributed by atoms with Gasteiger partial charge in [-0.15, -0.1) is 0 Å². The van der Waals surface area contributed by atoms with Crippen molar-refractivity contribution in [1.82, 2.24) is 0 Å². The zero-order valence-corrected chi connectivity index (χ0v) is 37.9. The summed E-state index contributed by atoms with van der Waals surface area (Å²) >= 11 is 0. The van der Waals surface area contributed by atoms with Crippen LogP contribution in [0.4, 0.5) is 0 Å². The number of esters is 3. The van der Waals surface area contributed by atoms with Crippen LogP contribution in [0.25, 0.3) is 0 Å². The molecule has 2 saturated heterocycles. The molecule has 2 heterocycles. The quantitative estimate of drug-likeness (QED) is 0.0499. The topological polar surface area (TPSA) is 153 Å². The highest BCUT2D eigenvalue weighted by Crippen LogP contribution is 2.35. The minimum Gasteiger partial charge on any atom is -0.463 e. The normalized spacial score (nSPS) is 24.9. The molecule has 14 nitrogen and oxygen atoms in total. The van der Waals surface area contributed by atoms with Crippen LogP contribution in [0.2, 0.25) is 0 Å². The van der Waals surface area contributed by atoms with E-state index in [-0.39, 0.29) is 46.2 Å². The number of ether oxygens (including phenoxy) is 11. The molecule has 0 unspecified atom stereocenters. The minimum absolute atomic E-state index is 0.0421. The summed E-state index contributed by atoms with van der Waals surface area (Å²) in [7, 11) is 0. The molecule has 5 aromatic rings. The SMILES string of the molecule is CC(=O)OC[C@@H]1O[C@@H](OC[C@H]2O[C@@H](OCc3ccccc3)[C@H](OCc3ccccc3)[C@@H](OCc3ccccc3)[C@@H]2OCc2ccccc2)[C@H](OC(C)=O)[C@@H](OCc2ccccc2)[C@@H]1OC(C)=O. The Morgan fingerprint density at radius 2 is 0.687 bits per heavy atom. The zero-order chi connectivity index (χ0) is 46.8. The van der Waals surface area contributed by atoms with Crippen LogP contribution < -0.4 is 0 Å². The van der Waals surface area contributed by atoms with Crippen molar-refractivity contribution in [3.05, 3.63) is 179 Å². The smallest absolute Gasteiger partial charge is 0.303 e. The predicted octanol–water partition coefficient (Wildman–Crippen LogP) is 7.44. The third-order valence-corrected chi connectivity index (χ3v) is 11.1. The number of carbonyl (C=O) groups is 3. The van der Waals surface area contributed by atoms with E-state index in [9.17, 15) is 14.4 Å². The van der Waals surface area contributed by atoms with Gasteiger partial charge in [0.1, 0.15) is 43.2 Å². The lowest BCUT2D eigenvalue weighted by atomic mass is 9.97. The molecule has 2 aliphatic rings. The van der Waals surface area contributed by atoms with Gasteiger partial charge in [-0.25, -0.2) is 0 Å². The van der Waals surface area contributed by atoms with Gasteiger partial charge in [-0.1, -0.05) is 152 Å². The molecule has 14 heteroatoms. The number of carbonyl (C=O) groups excluding carboxylic acids is 3. The van der Waals surface area contributed by atoms with E-state index in [1.54, 1.807) is 0 Å². The fourth-order valence-corrected chi connectivity index (χ4v) is 7.91. The predicted molar refractivity (Wildman–Crippen MR) is 242 cm³/mol. The van der Waals surface area contributed by atoms with Gasteiger partial charge in [0.25, 0.3) is 0 Å². The van der Waals surface area contributed by atoms with E-state index in [1.165, 1.54) is 20.8 Å². The van der Waals surface area contributed by atoms with E-state index in [1.807, 2.05) is 152 Å². The van der Waals surface area contributed by atoms with Crippen molar-refractivity contribution in [3.63, 3.8) is 0 Å². The molecule has 0 saturated carbocycles. The molecule has 0 aliphatic carbocycles. The van der Waals surface area contributed by atoms with Crippen LogP contribution in [0.5, 0.6) is 0 Å². The molecule has 2 aliphatic heterocycles. The van der Waals surface area contributed by atoms with Gasteiger partial charge < -0.3 is 52.1 Å². The number of rotatable bonds is 22. The average Bonchev–Trinajstić information content (AvgIpc) is 3.34. The maximum atomic E-state index is 12.9. The van der Waals surface area contributed by atoms with Gasteiger partial charge in [0.15, 0.2) is 24.8 Å². The highest BCUT2D eigenvalue weighted by molar-refractivity contribution is 5.67. The molecule has 2 fully saturated rings. The third kappa shape index (κ3) is 14.8. The zero-order valence-electron chi connectivity index (χ0n) is 37.9. The maximum absolute atomic E-state index is 12.9. The Balaban J connectivity index is 1.24. The van der Waals surface area contributed by atoms with Crippen LogP contribution in [-0.4, -0.2) is 92.5 Å². The lowest BCUT2D eigenvalue weighted by Gasteiger charge is -2.47. The molecule has 5 aromatic carbocycles. The Morgan fingerprint density at radius 1 is 0.358 bits per heavy atom. The van der Waals surface area contributed by atoms with Crippen molar-refractivity contribution >= 4 is 17.9 Å². The van der Waals surface area contributed by atoms with Crippen molar-refractivity contribution in [2.45, 2.75) is 115 Å². The number of hydrogen-bond acceptors (Lipinski definition) is 14. The van der Waals surface area contributed by atoms with Gasteiger partial charge in [0, 0.05) is 20.8 Å². The molecule has 7 rings (SSSR count). The van der Waals surface area contributed by atoms with E-state index in [4.69, 9.17) is 52.1 Å². The monoisotopic (exact) mass is 918 g/mol. The standard InChI is InChI=1S/C53H58O14/c1-36(54)57-34-45-47(64-37(2)55)49(60-31-41-23-13-6-14-24-41)51(65-38(3)56)53(67-45)63-35-44-46(58-29-39-19-9-4-10-20-39)48(59-30-40-21-11-5-12-22-40)50(61-32-42-25-15-7-16-26-42)52(66-44)62-33-43-27-17-8-18-28-43/h4-28,44-53H,29-35H2,1-3H3/t44-,45+,46-,47-,48+,49+,50-,51-,52-,53-/m1/s1. The average molecular weight is 919 g/mol. The van der Waals surface area contributed by atoms with E-state index in [2.05, 4.69) is 0 Å². The summed E-state index contributed by atoms with van der Waals surface area (Å²) in [5.74, 6) is -1.92. The maximum Gasteiger partial charge on any atom is 0.303 e. The Bertz CT molecular complexity index is 2230. The highest BCUT2D eigenvalue weighted by atomic mass is 16.8. The van der Waals surface area contributed by atoms with Crippen molar-refractivity contribution in [3.8, 4) is 0 Å². The number of benzene rings is 5. The van der Waals surface area contributed by atoms with Gasteiger partial charge in [-0.2, -0.15) is 0 Å². The lowest BCUT2D eigenvalue weighted by Crippen LogP contribution is -2.64. The minimum atomic E-state index is -1.37. The summed E-state index contributed by atoms with van der Waals surface area (Å²) in [5, 5.41) is 0. The van der Waals surface area contributed by atoms with Gasteiger partial charge in [-0.3, -0.25) is 14.4 Å². The van der Waals surface area contributed by atoms with Gasteiger partial charge in [0.05, 0.1) is 39.6 Å². The van der Waals surface area contributed by atoms with Gasteiger partial charge in [-0.05, 0) is 27.8 Å². The molecule has 0 bridgehead atoms. The second kappa shape index (κ2) is 25.4. The van der Waals surface area contributed by atoms with Crippen LogP contribution in [0.15, 0.2) is 152 Å². The molecule has 0 radical (unpaired) electrons. The number of hydrogen-bond donors (Lipinski definition) is 0. The van der Waals surface area contributed by atoms with E-state index >= 15 is 0 Å². The largest absolute Gasteiger partial charge is 0.463 e. The van der Waals surface area contributed by atoms with Crippen LogP contribution in [0.1, 0.15) is 48.6 Å². The summed E-state index contributed by atoms with van der Waals surface area (Å²) < 4.78 is 70.7. The van der Waals surface area contributed by atoms with Crippen molar-refractivity contribution in [2.24, 2.45) is 0 Å². The van der Waals surface area contributed by atoms with Gasteiger partial charge >= 0.3 is 17.9 Å². The Labute approximate surface area is 391 Å². The third-order valence-electron chi connectivity index (χ3n) is 11.1. The van der Waals surface area contributed by atoms with Crippen LogP contribution in [0.3, 0.4) is 0 Å². The summed E-state index contributed by atoms with van der Waals surface area (Å²) in [6.07, 6.45) is -10.5. The van der Waals surface area contributed by atoms with Crippen molar-refractivity contribution in [1.29, 1.82) is 0 Å². The molecular weight excluding hydrogens is 861 g/mol. The van der Waals surface area contributed by atoms with Crippen molar-refractivity contribution < 1.29 is 66.5 Å². The fourth-order valence-electron chi connectivity index (χ4n) is 7.91. The molecule has 354 valence electrons. The first-order valence-corrected chi connectivity index (χ1v) is 22.4. The molecule has 0 spiro atoms. The molecule has 0 aromatic heterocycles. The molecule has 67 heavy (non-hydrogen) atoms. The van der Waals surface area contributed by atoms with Crippen LogP contribution >= 0.6 is 0 Å². The first kappa shape index (κ1) is 49.1.